The van der Waals surface area contributed by atoms with E-state index in [-0.39, 0.29) is 17.3 Å². The summed E-state index contributed by atoms with van der Waals surface area (Å²) in [6.45, 7) is 5.44. The molecule has 0 aliphatic heterocycles. The summed E-state index contributed by atoms with van der Waals surface area (Å²) in [5, 5.41) is 3.31. The standard InChI is InChI=1S/C29H33BrClN3O5S/c1-5-15-32-29(36)21(3)33(18-22-7-6-8-23(31)16-22)28(35)19-34(24-11-9-20(2)10-12-24)40(37,38)25-13-14-27(39-4)26(30)17-25/h6-14,16-17,21H,5,15,18-19H2,1-4H3,(H,32,36). The van der Waals surface area contributed by atoms with E-state index in [9.17, 15) is 18.0 Å². The van der Waals surface area contributed by atoms with Gasteiger partial charge in [-0.05, 0) is 84.2 Å². The first-order chi connectivity index (χ1) is 19.0. The number of hydrogen-bond acceptors (Lipinski definition) is 5. The van der Waals surface area contributed by atoms with Crippen LogP contribution >= 0.6 is 27.5 Å². The Labute approximate surface area is 249 Å². The van der Waals surface area contributed by atoms with Gasteiger partial charge in [0.15, 0.2) is 0 Å². The molecule has 0 aliphatic rings. The molecule has 0 bridgehead atoms. The molecule has 8 nitrogen and oxygen atoms in total. The Bertz CT molecular complexity index is 1450. The zero-order chi connectivity index (χ0) is 29.4. The van der Waals surface area contributed by atoms with Crippen LogP contribution in [0, 0.1) is 6.92 Å². The number of carbonyl (C=O) groups excluding carboxylic acids is 2. The van der Waals surface area contributed by atoms with Crippen molar-refractivity contribution in [1.29, 1.82) is 0 Å². The van der Waals surface area contributed by atoms with E-state index < -0.39 is 28.5 Å². The summed E-state index contributed by atoms with van der Waals surface area (Å²) in [4.78, 5) is 28.2. The zero-order valence-electron chi connectivity index (χ0n) is 22.9. The van der Waals surface area contributed by atoms with Crippen molar-refractivity contribution in [2.75, 3.05) is 24.5 Å². The average Bonchev–Trinajstić information content (AvgIpc) is 2.93. The first-order valence-corrected chi connectivity index (χ1v) is 15.3. The van der Waals surface area contributed by atoms with Gasteiger partial charge in [0.1, 0.15) is 18.3 Å². The van der Waals surface area contributed by atoms with Crippen LogP contribution in [0.15, 0.2) is 76.1 Å². The first kappa shape index (κ1) is 31.4. The van der Waals surface area contributed by atoms with Crippen molar-refractivity contribution < 1.29 is 22.7 Å². The van der Waals surface area contributed by atoms with Crippen LogP contribution in [0.25, 0.3) is 0 Å². The maximum Gasteiger partial charge on any atom is 0.264 e. The van der Waals surface area contributed by atoms with Gasteiger partial charge < -0.3 is 15.0 Å². The van der Waals surface area contributed by atoms with Gasteiger partial charge in [-0.1, -0.05) is 48.4 Å². The lowest BCUT2D eigenvalue weighted by Crippen LogP contribution is -2.51. The van der Waals surface area contributed by atoms with Crippen molar-refractivity contribution in [3.05, 3.63) is 87.4 Å². The summed E-state index contributed by atoms with van der Waals surface area (Å²) < 4.78 is 34.7. The number of carbonyl (C=O) groups is 2. The third-order valence-electron chi connectivity index (χ3n) is 6.27. The molecule has 0 aromatic heterocycles. The fourth-order valence-electron chi connectivity index (χ4n) is 3.99. The predicted molar refractivity (Wildman–Crippen MR) is 161 cm³/mol. The first-order valence-electron chi connectivity index (χ1n) is 12.7. The molecule has 1 atom stereocenters. The Balaban J connectivity index is 2.04. The number of rotatable bonds is 12. The molecule has 11 heteroatoms. The highest BCUT2D eigenvalue weighted by atomic mass is 79.9. The molecule has 0 fully saturated rings. The number of sulfonamides is 1. The maximum absolute atomic E-state index is 14.0. The minimum absolute atomic E-state index is 0.0244. The SMILES string of the molecule is CCCNC(=O)C(C)N(Cc1cccc(Cl)c1)C(=O)CN(c1ccc(C)cc1)S(=O)(=O)c1ccc(OC)c(Br)c1. The fourth-order valence-corrected chi connectivity index (χ4v) is 6.33. The Hall–Kier alpha value is -3.08. The lowest BCUT2D eigenvalue weighted by atomic mass is 10.1. The van der Waals surface area contributed by atoms with E-state index in [1.165, 1.54) is 30.2 Å². The van der Waals surface area contributed by atoms with Crippen molar-refractivity contribution in [1.82, 2.24) is 10.2 Å². The fraction of sp³-hybridized carbons (Fsp3) is 0.310. The smallest absolute Gasteiger partial charge is 0.264 e. The Morgan fingerprint density at radius 1 is 1.07 bits per heavy atom. The second kappa shape index (κ2) is 14.0. The second-order valence-electron chi connectivity index (χ2n) is 9.26. The number of halogens is 2. The van der Waals surface area contributed by atoms with Crippen molar-refractivity contribution in [2.45, 2.75) is 44.7 Å². The normalized spacial score (nSPS) is 11.9. The van der Waals surface area contributed by atoms with Gasteiger partial charge in [-0.15, -0.1) is 0 Å². The van der Waals surface area contributed by atoms with E-state index in [1.54, 1.807) is 55.5 Å². The third kappa shape index (κ3) is 7.77. The van der Waals surface area contributed by atoms with Gasteiger partial charge >= 0.3 is 0 Å². The van der Waals surface area contributed by atoms with Crippen LogP contribution in [0.1, 0.15) is 31.4 Å². The molecule has 0 spiro atoms. The highest BCUT2D eigenvalue weighted by molar-refractivity contribution is 9.10. The van der Waals surface area contributed by atoms with Crippen LogP contribution in [0.5, 0.6) is 5.75 Å². The second-order valence-corrected chi connectivity index (χ2v) is 12.4. The number of amides is 2. The van der Waals surface area contributed by atoms with E-state index in [1.807, 2.05) is 13.8 Å². The average molecular weight is 651 g/mol. The number of nitrogens with one attached hydrogen (secondary N) is 1. The maximum atomic E-state index is 14.0. The molecular weight excluding hydrogens is 618 g/mol. The quantitative estimate of drug-likeness (QED) is 0.277. The summed E-state index contributed by atoms with van der Waals surface area (Å²) in [5.41, 5.74) is 1.96. The lowest BCUT2D eigenvalue weighted by Gasteiger charge is -2.32. The summed E-state index contributed by atoms with van der Waals surface area (Å²) in [5.74, 6) is -0.409. The van der Waals surface area contributed by atoms with Crippen LogP contribution in [-0.2, 0) is 26.2 Å². The lowest BCUT2D eigenvalue weighted by molar-refractivity contribution is -0.139. The van der Waals surface area contributed by atoms with Gasteiger partial charge in [0.2, 0.25) is 11.8 Å². The molecule has 3 rings (SSSR count). The van der Waals surface area contributed by atoms with Crippen molar-refractivity contribution in [3.63, 3.8) is 0 Å². The highest BCUT2D eigenvalue weighted by Gasteiger charge is 2.32. The molecule has 214 valence electrons. The molecule has 1 unspecified atom stereocenters. The number of benzene rings is 3. The van der Waals surface area contributed by atoms with Crippen LogP contribution < -0.4 is 14.4 Å². The number of nitrogens with zero attached hydrogens (tertiary/aromatic N) is 2. The van der Waals surface area contributed by atoms with Gasteiger partial charge in [-0.2, -0.15) is 0 Å². The molecular formula is C29H33BrClN3O5S. The van der Waals surface area contributed by atoms with Crippen molar-refractivity contribution in [3.8, 4) is 5.75 Å². The van der Waals surface area contributed by atoms with Crippen molar-refractivity contribution >= 4 is 55.1 Å². The number of hydrogen-bond donors (Lipinski definition) is 1. The van der Waals surface area contributed by atoms with Gasteiger partial charge in [0, 0.05) is 18.1 Å². The molecule has 0 aliphatic carbocycles. The molecule has 0 heterocycles. The number of anilines is 1. The van der Waals surface area contributed by atoms with E-state index in [2.05, 4.69) is 21.2 Å². The van der Waals surface area contributed by atoms with E-state index >= 15 is 0 Å². The topological polar surface area (TPSA) is 96.0 Å². The molecule has 0 radical (unpaired) electrons. The van der Waals surface area contributed by atoms with Crippen LogP contribution in [0.2, 0.25) is 5.02 Å². The van der Waals surface area contributed by atoms with E-state index in [0.717, 1.165) is 16.3 Å². The molecule has 0 saturated heterocycles. The highest BCUT2D eigenvalue weighted by Crippen LogP contribution is 2.31. The summed E-state index contributed by atoms with van der Waals surface area (Å²) in [6, 6.07) is 17.4. The van der Waals surface area contributed by atoms with Crippen molar-refractivity contribution in [2.24, 2.45) is 0 Å². The molecule has 40 heavy (non-hydrogen) atoms. The number of methoxy groups -OCH3 is 1. The Morgan fingerprint density at radius 2 is 1.77 bits per heavy atom. The van der Waals surface area contributed by atoms with Crippen LogP contribution in [0.3, 0.4) is 0 Å². The molecule has 3 aromatic carbocycles. The summed E-state index contributed by atoms with van der Waals surface area (Å²) in [6.07, 6.45) is 0.734. The Morgan fingerprint density at radius 3 is 2.38 bits per heavy atom. The van der Waals surface area contributed by atoms with E-state index in [0.29, 0.717) is 33.0 Å². The largest absolute Gasteiger partial charge is 0.496 e. The minimum Gasteiger partial charge on any atom is -0.496 e. The monoisotopic (exact) mass is 649 g/mol. The zero-order valence-corrected chi connectivity index (χ0v) is 26.0. The minimum atomic E-state index is -4.20. The number of ether oxygens (including phenoxy) is 1. The van der Waals surface area contributed by atoms with Gasteiger partial charge in [0.05, 0.1) is 22.2 Å². The van der Waals surface area contributed by atoms with Crippen LogP contribution in [-0.4, -0.2) is 51.4 Å². The van der Waals surface area contributed by atoms with Gasteiger partial charge in [-0.3, -0.25) is 13.9 Å². The third-order valence-corrected chi connectivity index (χ3v) is 8.90. The Kier molecular flexibility index (Phi) is 11.0. The predicted octanol–water partition coefficient (Wildman–Crippen LogP) is 5.56. The number of aryl methyl sites for hydroxylation is 1. The summed E-state index contributed by atoms with van der Waals surface area (Å²) in [7, 11) is -2.72. The van der Waals surface area contributed by atoms with E-state index in [4.69, 9.17) is 16.3 Å². The molecule has 1 N–H and O–H groups in total. The van der Waals surface area contributed by atoms with Gasteiger partial charge in [0.25, 0.3) is 10.0 Å². The van der Waals surface area contributed by atoms with Crippen LogP contribution in [0.4, 0.5) is 5.69 Å². The van der Waals surface area contributed by atoms with Gasteiger partial charge in [-0.25, -0.2) is 8.42 Å². The molecule has 0 saturated carbocycles. The molecule has 2 amide bonds. The summed E-state index contributed by atoms with van der Waals surface area (Å²) >= 11 is 9.52. The molecule has 3 aromatic rings.